The molecule has 0 spiro atoms. The Morgan fingerprint density at radius 1 is 1.26 bits per heavy atom. The van der Waals surface area contributed by atoms with Crippen molar-refractivity contribution in [2.75, 3.05) is 26.7 Å². The molecule has 0 aliphatic carbocycles. The van der Waals surface area contributed by atoms with E-state index in [1.165, 1.54) is 18.9 Å². The molecule has 5 amide bonds. The molecule has 2 aliphatic heterocycles. The van der Waals surface area contributed by atoms with E-state index in [0.717, 1.165) is 0 Å². The fourth-order valence-electron chi connectivity index (χ4n) is 3.47. The number of hydrogen-bond acceptors (Lipinski definition) is 8. The number of nitrogens with one attached hydrogen (secondary N) is 3. The average molecular weight is 441 g/mol. The molecule has 0 saturated carbocycles. The molecule has 2 heterocycles. The lowest BCUT2D eigenvalue weighted by atomic mass is 10.1. The van der Waals surface area contributed by atoms with Crippen LogP contribution in [0.3, 0.4) is 0 Å². The van der Waals surface area contributed by atoms with Gasteiger partial charge in [-0.1, -0.05) is 0 Å². The number of carbonyl (C=O) groups excluding carboxylic acids is 6. The van der Waals surface area contributed by atoms with Gasteiger partial charge in [0.05, 0.1) is 20.2 Å². The van der Waals surface area contributed by atoms with Crippen molar-refractivity contribution in [2.24, 2.45) is 0 Å². The molecule has 0 aromatic carbocycles. The third-order valence-corrected chi connectivity index (χ3v) is 5.07. The third-order valence-electron chi connectivity index (χ3n) is 5.07. The Morgan fingerprint density at radius 3 is 2.61 bits per heavy atom. The van der Waals surface area contributed by atoms with Crippen molar-refractivity contribution in [3.8, 4) is 0 Å². The predicted molar refractivity (Wildman–Crippen MR) is 102 cm³/mol. The van der Waals surface area contributed by atoms with Gasteiger partial charge in [-0.3, -0.25) is 29.2 Å². The van der Waals surface area contributed by atoms with Crippen molar-refractivity contribution in [1.82, 2.24) is 25.9 Å². The third kappa shape index (κ3) is 6.38. The molecule has 13 heteroatoms. The fraction of sp³-hybridized carbons (Fsp3) is 0.667. The molecule has 3 atom stereocenters. The van der Waals surface area contributed by atoms with Crippen LogP contribution in [0.15, 0.2) is 0 Å². The molecule has 2 fully saturated rings. The zero-order valence-corrected chi connectivity index (χ0v) is 17.4. The molecule has 0 radical (unpaired) electrons. The van der Waals surface area contributed by atoms with Gasteiger partial charge in [-0.15, -0.1) is 0 Å². The van der Waals surface area contributed by atoms with E-state index in [0.29, 0.717) is 24.4 Å². The Hall–Kier alpha value is -3.22. The smallest absolute Gasteiger partial charge is 0.328 e. The van der Waals surface area contributed by atoms with Gasteiger partial charge in [0.2, 0.25) is 23.6 Å². The van der Waals surface area contributed by atoms with Crippen LogP contribution in [0.5, 0.6) is 0 Å². The van der Waals surface area contributed by atoms with Crippen LogP contribution >= 0.6 is 0 Å². The summed E-state index contributed by atoms with van der Waals surface area (Å²) in [7, 11) is 1.24. The summed E-state index contributed by atoms with van der Waals surface area (Å²) >= 11 is 0. The number of rotatable bonds is 7. The van der Waals surface area contributed by atoms with E-state index in [4.69, 9.17) is 4.74 Å². The van der Waals surface area contributed by atoms with Crippen LogP contribution in [0.4, 0.5) is 0 Å². The van der Waals surface area contributed by atoms with Crippen LogP contribution in [0, 0.1) is 0 Å². The number of amides is 5. The Morgan fingerprint density at radius 2 is 1.97 bits per heavy atom. The number of methoxy groups -OCH3 is 1. The summed E-state index contributed by atoms with van der Waals surface area (Å²) in [5, 5.41) is 17.3. The summed E-state index contributed by atoms with van der Waals surface area (Å²) in [5.74, 6) is -3.53. The van der Waals surface area contributed by atoms with Crippen molar-refractivity contribution in [1.29, 1.82) is 0 Å². The van der Waals surface area contributed by atoms with Gasteiger partial charge in [0, 0.05) is 19.9 Å². The number of carbonyl (C=O) groups is 6. The Labute approximate surface area is 178 Å². The van der Waals surface area contributed by atoms with Gasteiger partial charge in [-0.25, -0.2) is 9.86 Å². The minimum absolute atomic E-state index is 0.0998. The number of likely N-dealkylation sites (tertiary alicyclic amines) is 1. The summed E-state index contributed by atoms with van der Waals surface area (Å²) in [6.45, 7) is 0.754. The zero-order valence-electron chi connectivity index (χ0n) is 17.4. The largest absolute Gasteiger partial charge is 0.467 e. The zero-order chi connectivity index (χ0) is 23.1. The first-order valence-corrected chi connectivity index (χ1v) is 9.85. The summed E-state index contributed by atoms with van der Waals surface area (Å²) in [6.07, 6.45) is 0.895. The molecule has 31 heavy (non-hydrogen) atoms. The Balaban J connectivity index is 1.95. The molecular weight excluding hydrogens is 414 g/mol. The second kappa shape index (κ2) is 10.7. The van der Waals surface area contributed by atoms with E-state index in [1.54, 1.807) is 0 Å². The predicted octanol–water partition coefficient (Wildman–Crippen LogP) is -2.73. The molecule has 0 bridgehead atoms. The van der Waals surface area contributed by atoms with Crippen molar-refractivity contribution >= 4 is 35.5 Å². The highest BCUT2D eigenvalue weighted by Crippen LogP contribution is 2.20. The van der Waals surface area contributed by atoms with Crippen molar-refractivity contribution < 1.29 is 38.7 Å². The van der Waals surface area contributed by atoms with Crippen molar-refractivity contribution in [2.45, 2.75) is 50.7 Å². The summed E-state index contributed by atoms with van der Waals surface area (Å²) in [4.78, 5) is 73.2. The van der Waals surface area contributed by atoms with Crippen molar-refractivity contribution in [3.63, 3.8) is 0 Å². The molecule has 4 N–H and O–H groups in total. The van der Waals surface area contributed by atoms with E-state index in [1.807, 2.05) is 0 Å². The van der Waals surface area contributed by atoms with Crippen LogP contribution in [0.2, 0.25) is 0 Å². The highest BCUT2D eigenvalue weighted by Gasteiger charge is 2.38. The molecule has 0 aromatic heterocycles. The molecule has 2 saturated heterocycles. The minimum Gasteiger partial charge on any atom is -0.467 e. The summed E-state index contributed by atoms with van der Waals surface area (Å²) in [5.41, 5.74) is 0. The van der Waals surface area contributed by atoms with Crippen LogP contribution in [0.1, 0.15) is 32.6 Å². The Kier molecular flexibility index (Phi) is 8.30. The van der Waals surface area contributed by atoms with Crippen LogP contribution < -0.4 is 16.0 Å². The second-order valence-corrected chi connectivity index (χ2v) is 7.32. The van der Waals surface area contributed by atoms with Crippen LogP contribution in [-0.4, -0.2) is 95.5 Å². The summed E-state index contributed by atoms with van der Waals surface area (Å²) in [6, 6.07) is -3.09. The topological polar surface area (TPSA) is 174 Å². The lowest BCUT2D eigenvalue weighted by Crippen LogP contribution is -2.52. The highest BCUT2D eigenvalue weighted by molar-refractivity contribution is 5.95. The van der Waals surface area contributed by atoms with Crippen molar-refractivity contribution in [3.05, 3.63) is 0 Å². The van der Waals surface area contributed by atoms with E-state index in [9.17, 15) is 34.0 Å². The summed E-state index contributed by atoms with van der Waals surface area (Å²) < 4.78 is 4.70. The number of hydroxylamine groups is 2. The van der Waals surface area contributed by atoms with E-state index in [-0.39, 0.29) is 25.3 Å². The SMILES string of the molecule is COC(=O)[C@@H]1CCCN1C(=O)CC[C@@H]1NC(=O)[C@@H](NC(=O)CNC(C)=O)CN(O)C1=O. The standard InChI is InChI=1S/C18H27N5O8/c1-10(24)19-8-14(25)20-12-9-23(30)17(28)11(21-16(12)27)5-6-15(26)22-7-3-4-13(22)18(29)31-2/h11-13,30H,3-9H2,1-2H3,(H,19,24)(H,20,25)(H,21,27)/t11-,12-,13-/m0/s1. The molecule has 2 aliphatic rings. The molecule has 13 nitrogen and oxygen atoms in total. The quantitative estimate of drug-likeness (QED) is 0.243. The van der Waals surface area contributed by atoms with Gasteiger partial charge in [-0.05, 0) is 19.3 Å². The molecular formula is C18H27N5O8. The van der Waals surface area contributed by atoms with Gasteiger partial charge in [0.25, 0.3) is 5.91 Å². The molecule has 0 aromatic rings. The van der Waals surface area contributed by atoms with E-state index in [2.05, 4.69) is 16.0 Å². The maximum atomic E-state index is 12.5. The monoisotopic (exact) mass is 441 g/mol. The first-order chi connectivity index (χ1) is 14.6. The number of ether oxygens (including phenoxy) is 1. The van der Waals surface area contributed by atoms with Gasteiger partial charge >= 0.3 is 5.97 Å². The maximum Gasteiger partial charge on any atom is 0.328 e. The lowest BCUT2D eigenvalue weighted by Gasteiger charge is -2.24. The van der Waals surface area contributed by atoms with Crippen LogP contribution in [0.25, 0.3) is 0 Å². The second-order valence-electron chi connectivity index (χ2n) is 7.32. The number of esters is 1. The first kappa shape index (κ1) is 24.1. The normalized spacial score (nSPS) is 23.6. The van der Waals surface area contributed by atoms with Crippen LogP contribution in [-0.2, 0) is 33.5 Å². The molecule has 0 unspecified atom stereocenters. The molecule has 172 valence electrons. The van der Waals surface area contributed by atoms with Gasteiger partial charge < -0.3 is 25.6 Å². The highest BCUT2D eigenvalue weighted by atomic mass is 16.5. The van der Waals surface area contributed by atoms with Gasteiger partial charge in [-0.2, -0.15) is 0 Å². The van der Waals surface area contributed by atoms with Gasteiger partial charge in [0.15, 0.2) is 0 Å². The molecule has 2 rings (SSSR count). The number of hydrogen-bond donors (Lipinski definition) is 4. The minimum atomic E-state index is -1.24. The maximum absolute atomic E-state index is 12.5. The fourth-order valence-corrected chi connectivity index (χ4v) is 3.47. The van der Waals surface area contributed by atoms with E-state index < -0.39 is 54.3 Å². The number of nitrogens with zero attached hydrogens (tertiary/aromatic N) is 2. The first-order valence-electron chi connectivity index (χ1n) is 9.85. The van der Waals surface area contributed by atoms with E-state index >= 15 is 0 Å². The Bertz CT molecular complexity index is 757. The average Bonchev–Trinajstić information content (AvgIpc) is 3.19. The lowest BCUT2D eigenvalue weighted by molar-refractivity contribution is -0.167. The van der Waals surface area contributed by atoms with Gasteiger partial charge in [0.1, 0.15) is 18.1 Å².